The molecule has 3 amide bonds. The van der Waals surface area contributed by atoms with E-state index in [4.69, 9.17) is 4.74 Å². The van der Waals surface area contributed by atoms with Gasteiger partial charge in [0.05, 0.1) is 11.3 Å². The number of anilines is 1. The Labute approximate surface area is 167 Å². The fourth-order valence-corrected chi connectivity index (χ4v) is 2.59. The molecule has 0 unspecified atom stereocenters. The molecule has 2 aromatic carbocycles. The summed E-state index contributed by atoms with van der Waals surface area (Å²) in [6.45, 7) is 3.22. The van der Waals surface area contributed by atoms with E-state index < -0.39 is 24.5 Å². The van der Waals surface area contributed by atoms with E-state index in [0.717, 1.165) is 16.8 Å². The molecule has 0 aliphatic heterocycles. The van der Waals surface area contributed by atoms with Crippen molar-refractivity contribution in [2.24, 2.45) is 0 Å². The summed E-state index contributed by atoms with van der Waals surface area (Å²) in [4.78, 5) is 35.9. The van der Waals surface area contributed by atoms with Crippen LogP contribution in [0.15, 0.2) is 60.9 Å². The van der Waals surface area contributed by atoms with Crippen LogP contribution in [-0.4, -0.2) is 34.3 Å². The monoisotopic (exact) mass is 392 g/mol. The summed E-state index contributed by atoms with van der Waals surface area (Å²) in [5.41, 5.74) is 3.59. The molecule has 148 valence electrons. The molecule has 8 nitrogen and oxygen atoms in total. The van der Waals surface area contributed by atoms with E-state index in [1.165, 1.54) is 0 Å². The van der Waals surface area contributed by atoms with Crippen molar-refractivity contribution in [1.29, 1.82) is 0 Å². The maximum atomic E-state index is 12.1. The van der Waals surface area contributed by atoms with E-state index in [9.17, 15) is 14.4 Å². The quantitative estimate of drug-likeness (QED) is 0.650. The smallest absolute Gasteiger partial charge is 0.338 e. The molecule has 1 aromatic heterocycles. The van der Waals surface area contributed by atoms with E-state index in [0.29, 0.717) is 5.69 Å². The summed E-state index contributed by atoms with van der Waals surface area (Å²) in [7, 11) is 0. The Morgan fingerprint density at radius 2 is 1.79 bits per heavy atom. The van der Waals surface area contributed by atoms with Crippen molar-refractivity contribution in [3.8, 4) is 5.69 Å². The highest BCUT2D eigenvalue weighted by molar-refractivity contribution is 6.02. The molecule has 0 saturated heterocycles. The van der Waals surface area contributed by atoms with Gasteiger partial charge in [-0.2, -0.15) is 5.10 Å². The third-order valence-electron chi connectivity index (χ3n) is 4.31. The van der Waals surface area contributed by atoms with Crippen molar-refractivity contribution in [2.75, 3.05) is 11.9 Å². The number of hydrogen-bond donors (Lipinski definition) is 2. The Kier molecular flexibility index (Phi) is 6.03. The average Bonchev–Trinajstić information content (AvgIpc) is 3.24. The summed E-state index contributed by atoms with van der Waals surface area (Å²) < 4.78 is 6.61. The highest BCUT2D eigenvalue weighted by Gasteiger charge is 2.13. The number of nitrogens with zero attached hydrogens (tertiary/aromatic N) is 2. The zero-order valence-electron chi connectivity index (χ0n) is 16.0. The van der Waals surface area contributed by atoms with Gasteiger partial charge in [0.1, 0.15) is 0 Å². The normalized spacial score (nSPS) is 10.3. The predicted octanol–water partition coefficient (Wildman–Crippen LogP) is 2.99. The van der Waals surface area contributed by atoms with E-state index >= 15 is 0 Å². The van der Waals surface area contributed by atoms with Gasteiger partial charge in [-0.05, 0) is 61.4 Å². The number of esters is 1. The Balaban J connectivity index is 1.49. The molecule has 0 saturated carbocycles. The second kappa shape index (κ2) is 8.83. The number of aryl methyl sites for hydroxylation is 1. The van der Waals surface area contributed by atoms with Gasteiger partial charge in [-0.15, -0.1) is 0 Å². The standard InChI is InChI=1S/C21H20N4O4/c1-14-5-3-6-18(15(14)2)23-21(28)24-19(26)13-29-20(27)16-7-9-17(10-8-16)25-12-4-11-22-25/h3-12H,13H2,1-2H3,(H2,23,24,26,28). The maximum Gasteiger partial charge on any atom is 0.338 e. The van der Waals surface area contributed by atoms with Gasteiger partial charge in [-0.25, -0.2) is 14.3 Å². The molecule has 29 heavy (non-hydrogen) atoms. The third kappa shape index (κ3) is 5.07. The Morgan fingerprint density at radius 3 is 2.48 bits per heavy atom. The van der Waals surface area contributed by atoms with Crippen LogP contribution in [0.4, 0.5) is 10.5 Å². The first-order valence-corrected chi connectivity index (χ1v) is 8.88. The van der Waals surface area contributed by atoms with Crippen molar-refractivity contribution in [3.05, 3.63) is 77.6 Å². The van der Waals surface area contributed by atoms with Crippen LogP contribution in [0.25, 0.3) is 5.69 Å². The van der Waals surface area contributed by atoms with E-state index in [-0.39, 0.29) is 5.56 Å². The number of nitrogens with one attached hydrogen (secondary N) is 2. The maximum absolute atomic E-state index is 12.1. The minimum absolute atomic E-state index is 0.286. The predicted molar refractivity (Wildman–Crippen MR) is 107 cm³/mol. The summed E-state index contributed by atoms with van der Waals surface area (Å²) in [6.07, 6.45) is 3.43. The zero-order valence-corrected chi connectivity index (χ0v) is 16.0. The SMILES string of the molecule is Cc1cccc(NC(=O)NC(=O)COC(=O)c2ccc(-n3cccn3)cc2)c1C. The first-order valence-electron chi connectivity index (χ1n) is 8.88. The largest absolute Gasteiger partial charge is 0.452 e. The van der Waals surface area contributed by atoms with Crippen molar-refractivity contribution in [3.63, 3.8) is 0 Å². The lowest BCUT2D eigenvalue weighted by Gasteiger charge is -2.11. The van der Waals surface area contributed by atoms with Gasteiger partial charge in [0, 0.05) is 18.1 Å². The minimum atomic E-state index is -0.727. The number of carbonyl (C=O) groups is 3. The summed E-state index contributed by atoms with van der Waals surface area (Å²) in [5.74, 6) is -1.39. The van der Waals surface area contributed by atoms with Crippen LogP contribution < -0.4 is 10.6 Å². The van der Waals surface area contributed by atoms with Crippen LogP contribution in [0.1, 0.15) is 21.5 Å². The number of carbonyl (C=O) groups excluding carboxylic acids is 3. The number of benzene rings is 2. The van der Waals surface area contributed by atoms with Gasteiger partial charge in [0.25, 0.3) is 5.91 Å². The molecule has 3 aromatic rings. The van der Waals surface area contributed by atoms with Crippen LogP contribution in [0, 0.1) is 13.8 Å². The van der Waals surface area contributed by atoms with Crippen LogP contribution in [0.2, 0.25) is 0 Å². The molecule has 0 radical (unpaired) electrons. The molecule has 3 rings (SSSR count). The third-order valence-corrected chi connectivity index (χ3v) is 4.31. The fourth-order valence-electron chi connectivity index (χ4n) is 2.59. The molecule has 0 aliphatic rings. The lowest BCUT2D eigenvalue weighted by Crippen LogP contribution is -2.37. The summed E-state index contributed by atoms with van der Waals surface area (Å²) in [6, 6.07) is 13.1. The van der Waals surface area contributed by atoms with Gasteiger partial charge in [0.2, 0.25) is 0 Å². The van der Waals surface area contributed by atoms with Crippen molar-refractivity contribution in [1.82, 2.24) is 15.1 Å². The minimum Gasteiger partial charge on any atom is -0.452 e. The fraction of sp³-hybridized carbons (Fsp3) is 0.143. The van der Waals surface area contributed by atoms with Crippen molar-refractivity contribution >= 4 is 23.6 Å². The second-order valence-corrected chi connectivity index (χ2v) is 6.32. The molecular formula is C21H20N4O4. The summed E-state index contributed by atoms with van der Waals surface area (Å²) >= 11 is 0. The number of ether oxygens (including phenoxy) is 1. The van der Waals surface area contributed by atoms with Gasteiger partial charge in [-0.3, -0.25) is 10.1 Å². The Morgan fingerprint density at radius 1 is 1.03 bits per heavy atom. The molecule has 0 fully saturated rings. The number of urea groups is 1. The number of aromatic nitrogens is 2. The highest BCUT2D eigenvalue weighted by Crippen LogP contribution is 2.17. The van der Waals surface area contributed by atoms with Crippen LogP contribution in [0.5, 0.6) is 0 Å². The molecule has 1 heterocycles. The molecule has 0 spiro atoms. The molecule has 8 heteroatoms. The zero-order chi connectivity index (χ0) is 20.8. The van der Waals surface area contributed by atoms with Crippen LogP contribution >= 0.6 is 0 Å². The highest BCUT2D eigenvalue weighted by atomic mass is 16.5. The average molecular weight is 392 g/mol. The lowest BCUT2D eigenvalue weighted by atomic mass is 10.1. The van der Waals surface area contributed by atoms with Crippen LogP contribution in [0.3, 0.4) is 0 Å². The number of hydrogen-bond acceptors (Lipinski definition) is 5. The molecule has 0 aliphatic carbocycles. The van der Waals surface area contributed by atoms with Crippen molar-refractivity contribution in [2.45, 2.75) is 13.8 Å². The first kappa shape index (κ1) is 19.8. The van der Waals surface area contributed by atoms with Gasteiger partial charge >= 0.3 is 12.0 Å². The molecule has 2 N–H and O–H groups in total. The Bertz CT molecular complexity index is 1030. The van der Waals surface area contributed by atoms with Gasteiger partial charge < -0.3 is 10.1 Å². The molecule has 0 atom stereocenters. The molecule has 0 bridgehead atoms. The van der Waals surface area contributed by atoms with E-state index in [2.05, 4.69) is 15.7 Å². The Hall–Kier alpha value is -3.94. The summed E-state index contributed by atoms with van der Waals surface area (Å²) in [5, 5.41) is 8.83. The van der Waals surface area contributed by atoms with Gasteiger partial charge in [0.15, 0.2) is 6.61 Å². The first-order chi connectivity index (χ1) is 13.9. The number of rotatable bonds is 5. The molecular weight excluding hydrogens is 372 g/mol. The van der Waals surface area contributed by atoms with E-state index in [1.54, 1.807) is 59.5 Å². The van der Waals surface area contributed by atoms with Crippen molar-refractivity contribution < 1.29 is 19.1 Å². The number of imide groups is 1. The lowest BCUT2D eigenvalue weighted by molar-refractivity contribution is -0.123. The second-order valence-electron chi connectivity index (χ2n) is 6.32. The number of amides is 3. The van der Waals surface area contributed by atoms with Crippen LogP contribution in [-0.2, 0) is 9.53 Å². The van der Waals surface area contributed by atoms with E-state index in [1.807, 2.05) is 19.9 Å². The van der Waals surface area contributed by atoms with Gasteiger partial charge in [-0.1, -0.05) is 12.1 Å². The topological polar surface area (TPSA) is 102 Å².